The van der Waals surface area contributed by atoms with Crippen LogP contribution in [0, 0.1) is 18.6 Å². The number of carbonyl (C=O) groups is 1. The Morgan fingerprint density at radius 1 is 1.29 bits per heavy atom. The number of pyridine rings is 1. The third kappa shape index (κ3) is 3.68. The number of amides is 2. The molecule has 1 atom stereocenters. The minimum absolute atomic E-state index is 0.253. The first-order valence-corrected chi connectivity index (χ1v) is 7.59. The molecule has 7 heteroatoms. The van der Waals surface area contributed by atoms with E-state index in [-0.39, 0.29) is 12.6 Å². The lowest BCUT2D eigenvalue weighted by molar-refractivity contribution is -0.0137. The van der Waals surface area contributed by atoms with Crippen LogP contribution in [0.3, 0.4) is 0 Å². The van der Waals surface area contributed by atoms with E-state index in [9.17, 15) is 13.6 Å². The Morgan fingerprint density at radius 3 is 2.88 bits per heavy atom. The SMILES string of the molecule is Cc1cccc(NC(=O)N2CCO[C@H](c3ccc(F)c(F)c3)C2)n1. The molecule has 0 bridgehead atoms. The first-order valence-electron chi connectivity index (χ1n) is 7.59. The van der Waals surface area contributed by atoms with E-state index in [1.807, 2.05) is 13.0 Å². The summed E-state index contributed by atoms with van der Waals surface area (Å²) in [7, 11) is 0. The maximum absolute atomic E-state index is 13.4. The highest BCUT2D eigenvalue weighted by molar-refractivity contribution is 5.88. The maximum Gasteiger partial charge on any atom is 0.323 e. The fourth-order valence-electron chi connectivity index (χ4n) is 2.55. The molecule has 24 heavy (non-hydrogen) atoms. The fourth-order valence-corrected chi connectivity index (χ4v) is 2.55. The molecule has 1 saturated heterocycles. The summed E-state index contributed by atoms with van der Waals surface area (Å²) in [6, 6.07) is 8.67. The molecule has 5 nitrogen and oxygen atoms in total. The van der Waals surface area contributed by atoms with Crippen LogP contribution in [0.5, 0.6) is 0 Å². The van der Waals surface area contributed by atoms with Crippen LogP contribution >= 0.6 is 0 Å². The second-order valence-electron chi connectivity index (χ2n) is 5.57. The molecule has 2 aromatic rings. The van der Waals surface area contributed by atoms with Crippen LogP contribution in [-0.4, -0.2) is 35.6 Å². The van der Waals surface area contributed by atoms with E-state index in [2.05, 4.69) is 10.3 Å². The van der Waals surface area contributed by atoms with Crippen LogP contribution < -0.4 is 5.32 Å². The molecule has 0 saturated carbocycles. The molecule has 0 radical (unpaired) electrons. The van der Waals surface area contributed by atoms with Gasteiger partial charge in [-0.05, 0) is 36.8 Å². The lowest BCUT2D eigenvalue weighted by Crippen LogP contribution is -2.44. The molecule has 1 N–H and O–H groups in total. The number of hydrogen-bond donors (Lipinski definition) is 1. The Kier molecular flexibility index (Phi) is 4.71. The Hall–Kier alpha value is -2.54. The van der Waals surface area contributed by atoms with Crippen molar-refractivity contribution < 1.29 is 18.3 Å². The van der Waals surface area contributed by atoms with Crippen LogP contribution in [0.1, 0.15) is 17.4 Å². The van der Waals surface area contributed by atoms with E-state index in [4.69, 9.17) is 4.74 Å². The zero-order valence-corrected chi connectivity index (χ0v) is 13.1. The normalized spacial score (nSPS) is 17.6. The number of aromatic nitrogens is 1. The van der Waals surface area contributed by atoms with Crippen molar-refractivity contribution in [2.45, 2.75) is 13.0 Å². The maximum atomic E-state index is 13.4. The number of anilines is 1. The lowest BCUT2D eigenvalue weighted by atomic mass is 10.1. The van der Waals surface area contributed by atoms with Crippen molar-refractivity contribution in [2.24, 2.45) is 0 Å². The topological polar surface area (TPSA) is 54.5 Å². The van der Waals surface area contributed by atoms with Crippen molar-refractivity contribution in [1.29, 1.82) is 0 Å². The molecule has 3 rings (SSSR count). The number of morpholine rings is 1. The summed E-state index contributed by atoms with van der Waals surface area (Å²) in [5.41, 5.74) is 1.30. The molecule has 0 unspecified atom stereocenters. The molecule has 0 aliphatic carbocycles. The monoisotopic (exact) mass is 333 g/mol. The Morgan fingerprint density at radius 2 is 2.12 bits per heavy atom. The van der Waals surface area contributed by atoms with Gasteiger partial charge >= 0.3 is 6.03 Å². The van der Waals surface area contributed by atoms with Gasteiger partial charge in [0.15, 0.2) is 11.6 Å². The number of nitrogens with one attached hydrogen (secondary N) is 1. The van der Waals surface area contributed by atoms with E-state index in [0.717, 1.165) is 17.8 Å². The average Bonchev–Trinajstić information content (AvgIpc) is 2.57. The number of benzene rings is 1. The largest absolute Gasteiger partial charge is 0.370 e. The lowest BCUT2D eigenvalue weighted by Gasteiger charge is -2.33. The zero-order chi connectivity index (χ0) is 17.1. The van der Waals surface area contributed by atoms with Gasteiger partial charge in [-0.1, -0.05) is 12.1 Å². The fraction of sp³-hybridized carbons (Fsp3) is 0.294. The van der Waals surface area contributed by atoms with Crippen molar-refractivity contribution in [3.05, 3.63) is 59.3 Å². The van der Waals surface area contributed by atoms with Crippen LogP contribution in [0.2, 0.25) is 0 Å². The summed E-state index contributed by atoms with van der Waals surface area (Å²) in [6.45, 7) is 2.82. The predicted molar refractivity (Wildman–Crippen MR) is 84.6 cm³/mol. The molecule has 1 aliphatic rings. The number of aryl methyl sites for hydroxylation is 1. The van der Waals surface area contributed by atoms with Gasteiger partial charge < -0.3 is 9.64 Å². The van der Waals surface area contributed by atoms with Crippen molar-refractivity contribution in [1.82, 2.24) is 9.88 Å². The Labute approximate surface area is 138 Å². The second-order valence-corrected chi connectivity index (χ2v) is 5.57. The summed E-state index contributed by atoms with van der Waals surface area (Å²) >= 11 is 0. The van der Waals surface area contributed by atoms with E-state index in [1.165, 1.54) is 6.07 Å². The van der Waals surface area contributed by atoms with E-state index in [1.54, 1.807) is 17.0 Å². The third-order valence-electron chi connectivity index (χ3n) is 3.79. The average molecular weight is 333 g/mol. The highest BCUT2D eigenvalue weighted by Crippen LogP contribution is 2.24. The quantitative estimate of drug-likeness (QED) is 0.918. The van der Waals surface area contributed by atoms with Crippen LogP contribution in [0.15, 0.2) is 36.4 Å². The van der Waals surface area contributed by atoms with Crippen LogP contribution in [0.4, 0.5) is 19.4 Å². The van der Waals surface area contributed by atoms with Gasteiger partial charge in [-0.2, -0.15) is 0 Å². The van der Waals surface area contributed by atoms with Crippen molar-refractivity contribution in [3.63, 3.8) is 0 Å². The number of halogens is 2. The number of rotatable bonds is 2. The number of hydrogen-bond acceptors (Lipinski definition) is 3. The highest BCUT2D eigenvalue weighted by atomic mass is 19.2. The number of urea groups is 1. The van der Waals surface area contributed by atoms with Crippen molar-refractivity contribution >= 4 is 11.8 Å². The summed E-state index contributed by atoms with van der Waals surface area (Å²) in [6.07, 6.45) is -0.495. The van der Waals surface area contributed by atoms with E-state index < -0.39 is 17.7 Å². The van der Waals surface area contributed by atoms with E-state index in [0.29, 0.717) is 24.5 Å². The highest BCUT2D eigenvalue weighted by Gasteiger charge is 2.26. The molecule has 1 aliphatic heterocycles. The summed E-state index contributed by atoms with van der Waals surface area (Å²) in [4.78, 5) is 18.2. The van der Waals surface area contributed by atoms with Gasteiger partial charge in [-0.15, -0.1) is 0 Å². The molecular weight excluding hydrogens is 316 g/mol. The van der Waals surface area contributed by atoms with Crippen molar-refractivity contribution in [3.8, 4) is 0 Å². The minimum atomic E-state index is -0.929. The molecule has 126 valence electrons. The Bertz CT molecular complexity index is 754. The first-order chi connectivity index (χ1) is 11.5. The summed E-state index contributed by atoms with van der Waals surface area (Å²) < 4.78 is 32.0. The van der Waals surface area contributed by atoms with E-state index >= 15 is 0 Å². The third-order valence-corrected chi connectivity index (χ3v) is 3.79. The van der Waals surface area contributed by atoms with Gasteiger partial charge in [0.2, 0.25) is 0 Å². The Balaban J connectivity index is 1.68. The van der Waals surface area contributed by atoms with Gasteiger partial charge in [0, 0.05) is 12.2 Å². The smallest absolute Gasteiger partial charge is 0.323 e. The van der Waals surface area contributed by atoms with Crippen LogP contribution in [0.25, 0.3) is 0 Å². The number of carbonyl (C=O) groups excluding carboxylic acids is 1. The molecule has 1 aromatic heterocycles. The zero-order valence-electron chi connectivity index (χ0n) is 13.1. The first kappa shape index (κ1) is 16.3. The molecular formula is C17H17F2N3O2. The molecule has 1 fully saturated rings. The van der Waals surface area contributed by atoms with Crippen LogP contribution in [-0.2, 0) is 4.74 Å². The second kappa shape index (κ2) is 6.92. The molecule has 2 heterocycles. The van der Waals surface area contributed by atoms with Gasteiger partial charge in [0.25, 0.3) is 0 Å². The van der Waals surface area contributed by atoms with Gasteiger partial charge in [-0.3, -0.25) is 5.32 Å². The summed E-state index contributed by atoms with van der Waals surface area (Å²) in [5, 5.41) is 2.73. The van der Waals surface area contributed by atoms with Crippen molar-refractivity contribution in [2.75, 3.05) is 25.0 Å². The molecule has 2 amide bonds. The van der Waals surface area contributed by atoms with Gasteiger partial charge in [0.05, 0.1) is 13.2 Å². The van der Waals surface area contributed by atoms with Gasteiger partial charge in [-0.25, -0.2) is 18.6 Å². The number of ether oxygens (including phenoxy) is 1. The molecule has 1 aromatic carbocycles. The minimum Gasteiger partial charge on any atom is -0.370 e. The predicted octanol–water partition coefficient (Wildman–Crippen LogP) is 3.27. The molecule has 0 spiro atoms. The standard InChI is InChI=1S/C17H17F2N3O2/c1-11-3-2-4-16(20-11)21-17(23)22-7-8-24-15(10-22)12-5-6-13(18)14(19)9-12/h2-6,9,15H,7-8,10H2,1H3,(H,20,21,23)/t15-/m0/s1. The summed E-state index contributed by atoms with van der Waals surface area (Å²) in [5.74, 6) is -1.37. The van der Waals surface area contributed by atoms with Gasteiger partial charge in [0.1, 0.15) is 11.9 Å². The number of nitrogens with zero attached hydrogens (tertiary/aromatic N) is 2.